The van der Waals surface area contributed by atoms with Gasteiger partial charge in [-0.25, -0.2) is 9.97 Å². The fraction of sp³-hybridized carbons (Fsp3) is 0.667. The lowest BCUT2D eigenvalue weighted by Gasteiger charge is -2.36. The third-order valence-corrected chi connectivity index (χ3v) is 5.08. The van der Waals surface area contributed by atoms with Crippen LogP contribution in [0.15, 0.2) is 10.8 Å². The van der Waals surface area contributed by atoms with Crippen molar-refractivity contribution in [3.63, 3.8) is 0 Å². The minimum Gasteiger partial charge on any atom is -0.367 e. The van der Waals surface area contributed by atoms with E-state index in [1.807, 2.05) is 0 Å². The molecule has 6 heteroatoms. The first-order valence-corrected chi connectivity index (χ1v) is 7.29. The van der Waals surface area contributed by atoms with Gasteiger partial charge in [0, 0.05) is 12.1 Å². The van der Waals surface area contributed by atoms with Crippen LogP contribution in [0.5, 0.6) is 0 Å². The van der Waals surface area contributed by atoms with Gasteiger partial charge in [-0.05, 0) is 42.9 Å². The second-order valence-electron chi connectivity index (χ2n) is 5.01. The maximum Gasteiger partial charge on any atom is 0.148 e. The summed E-state index contributed by atoms with van der Waals surface area (Å²) in [6.45, 7) is 0.881. The molecule has 0 unspecified atom stereocenters. The van der Waals surface area contributed by atoms with Crippen LogP contribution in [0.25, 0.3) is 0 Å². The van der Waals surface area contributed by atoms with Crippen LogP contribution in [-0.4, -0.2) is 41.0 Å². The Morgan fingerprint density at radius 1 is 1.39 bits per heavy atom. The Kier molecular flexibility index (Phi) is 4.45. The van der Waals surface area contributed by atoms with Gasteiger partial charge in [-0.2, -0.15) is 0 Å². The second-order valence-corrected chi connectivity index (χ2v) is 6.16. The van der Waals surface area contributed by atoms with Crippen molar-refractivity contribution in [1.29, 1.82) is 0 Å². The number of aromatic nitrogens is 2. The Morgan fingerprint density at radius 3 is 2.67 bits per heavy atom. The maximum atomic E-state index is 5.96. The highest BCUT2D eigenvalue weighted by Gasteiger charge is 2.35. The third kappa shape index (κ3) is 2.78. The predicted octanol–water partition coefficient (Wildman–Crippen LogP) is 3.18. The van der Waals surface area contributed by atoms with E-state index in [4.69, 9.17) is 11.6 Å². The van der Waals surface area contributed by atoms with E-state index in [0.717, 1.165) is 16.8 Å². The van der Waals surface area contributed by atoms with Gasteiger partial charge in [0.15, 0.2) is 0 Å². The highest BCUT2D eigenvalue weighted by Crippen LogP contribution is 2.34. The standard InChI is InChI=1S/C12H18BrClN4/c1-18(2)12(5-3-4-6-12)7-15-11-9(13)10(14)16-8-17-11/h8H,3-7H2,1-2H3,(H,15,16,17). The minimum absolute atomic E-state index is 0.233. The summed E-state index contributed by atoms with van der Waals surface area (Å²) in [5.74, 6) is 0.767. The number of hydrogen-bond acceptors (Lipinski definition) is 4. The lowest BCUT2D eigenvalue weighted by atomic mass is 9.96. The molecule has 0 saturated heterocycles. The Morgan fingerprint density at radius 2 is 2.06 bits per heavy atom. The molecule has 0 aliphatic heterocycles. The molecule has 1 N–H and O–H groups in total. The lowest BCUT2D eigenvalue weighted by Crippen LogP contribution is -2.47. The van der Waals surface area contributed by atoms with Gasteiger partial charge < -0.3 is 10.2 Å². The Balaban J connectivity index is 2.08. The zero-order chi connectivity index (χ0) is 13.2. The van der Waals surface area contributed by atoms with Crippen LogP contribution in [0.3, 0.4) is 0 Å². The van der Waals surface area contributed by atoms with Gasteiger partial charge in [0.25, 0.3) is 0 Å². The molecule has 4 nitrogen and oxygen atoms in total. The molecule has 1 saturated carbocycles. The van der Waals surface area contributed by atoms with Crippen molar-refractivity contribution in [2.24, 2.45) is 0 Å². The first-order chi connectivity index (χ1) is 8.55. The fourth-order valence-corrected chi connectivity index (χ4v) is 3.01. The molecule has 1 fully saturated rings. The summed E-state index contributed by atoms with van der Waals surface area (Å²) in [5.41, 5.74) is 0.233. The average Bonchev–Trinajstić information content (AvgIpc) is 2.81. The molecule has 1 aliphatic rings. The highest BCUT2D eigenvalue weighted by molar-refractivity contribution is 9.10. The predicted molar refractivity (Wildman–Crippen MR) is 78.1 cm³/mol. The first kappa shape index (κ1) is 14.0. The van der Waals surface area contributed by atoms with E-state index in [9.17, 15) is 0 Å². The molecular weight excluding hydrogens is 316 g/mol. The normalized spacial score (nSPS) is 18.3. The minimum atomic E-state index is 0.233. The molecule has 0 spiro atoms. The molecule has 100 valence electrons. The van der Waals surface area contributed by atoms with E-state index in [2.05, 4.69) is 50.2 Å². The van der Waals surface area contributed by atoms with Crippen LogP contribution >= 0.6 is 27.5 Å². The molecule has 2 rings (SSSR count). The van der Waals surface area contributed by atoms with Crippen molar-refractivity contribution in [1.82, 2.24) is 14.9 Å². The molecule has 0 amide bonds. The van der Waals surface area contributed by atoms with Crippen LogP contribution in [-0.2, 0) is 0 Å². The van der Waals surface area contributed by atoms with Gasteiger partial charge in [-0.15, -0.1) is 0 Å². The van der Waals surface area contributed by atoms with Gasteiger partial charge in [-0.1, -0.05) is 24.4 Å². The van der Waals surface area contributed by atoms with Gasteiger partial charge in [0.05, 0.1) is 4.47 Å². The monoisotopic (exact) mass is 332 g/mol. The third-order valence-electron chi connectivity index (χ3n) is 3.81. The quantitative estimate of drug-likeness (QED) is 0.859. The summed E-state index contributed by atoms with van der Waals surface area (Å²) in [5, 5.41) is 3.84. The van der Waals surface area contributed by atoms with E-state index in [0.29, 0.717) is 5.15 Å². The molecule has 1 aromatic heterocycles. The molecule has 1 aliphatic carbocycles. The topological polar surface area (TPSA) is 41.0 Å². The van der Waals surface area contributed by atoms with Gasteiger partial charge >= 0.3 is 0 Å². The van der Waals surface area contributed by atoms with Crippen LogP contribution < -0.4 is 5.32 Å². The number of nitrogens with zero attached hydrogens (tertiary/aromatic N) is 3. The van der Waals surface area contributed by atoms with Crippen LogP contribution in [0.4, 0.5) is 5.82 Å². The molecule has 0 bridgehead atoms. The number of nitrogens with one attached hydrogen (secondary N) is 1. The van der Waals surface area contributed by atoms with E-state index in [-0.39, 0.29) is 5.54 Å². The highest BCUT2D eigenvalue weighted by atomic mass is 79.9. The Labute approximate surface area is 121 Å². The summed E-state index contributed by atoms with van der Waals surface area (Å²) in [6.07, 6.45) is 6.52. The molecule has 1 heterocycles. The van der Waals surface area contributed by atoms with Crippen molar-refractivity contribution in [2.45, 2.75) is 31.2 Å². The van der Waals surface area contributed by atoms with E-state index in [1.54, 1.807) is 0 Å². The zero-order valence-electron chi connectivity index (χ0n) is 10.7. The lowest BCUT2D eigenvalue weighted by molar-refractivity contribution is 0.172. The van der Waals surface area contributed by atoms with Crippen molar-refractivity contribution < 1.29 is 0 Å². The van der Waals surface area contributed by atoms with Crippen LogP contribution in [0.1, 0.15) is 25.7 Å². The largest absolute Gasteiger partial charge is 0.367 e. The van der Waals surface area contributed by atoms with E-state index in [1.165, 1.54) is 32.0 Å². The summed E-state index contributed by atoms with van der Waals surface area (Å²) in [4.78, 5) is 10.5. The smallest absolute Gasteiger partial charge is 0.148 e. The number of rotatable bonds is 4. The first-order valence-electron chi connectivity index (χ1n) is 6.12. The fourth-order valence-electron chi connectivity index (χ4n) is 2.54. The number of likely N-dealkylation sites (N-methyl/N-ethyl adjacent to an activating group) is 1. The molecule has 0 aromatic carbocycles. The SMILES string of the molecule is CN(C)C1(CNc2ncnc(Cl)c2Br)CCCC1. The number of hydrogen-bond donors (Lipinski definition) is 1. The van der Waals surface area contributed by atoms with Gasteiger partial charge in [0.1, 0.15) is 17.3 Å². The van der Waals surface area contributed by atoms with Crippen LogP contribution in [0, 0.1) is 0 Å². The zero-order valence-corrected chi connectivity index (χ0v) is 13.1. The molecule has 18 heavy (non-hydrogen) atoms. The number of anilines is 1. The Bertz CT molecular complexity index is 419. The Hall–Kier alpha value is -0.390. The van der Waals surface area contributed by atoms with Crippen molar-refractivity contribution in [3.8, 4) is 0 Å². The van der Waals surface area contributed by atoms with Gasteiger partial charge in [0.2, 0.25) is 0 Å². The van der Waals surface area contributed by atoms with Crippen molar-refractivity contribution in [3.05, 3.63) is 16.0 Å². The summed E-state index contributed by atoms with van der Waals surface area (Å²) < 4.78 is 0.735. The maximum absolute atomic E-state index is 5.96. The molecule has 1 aromatic rings. The summed E-state index contributed by atoms with van der Waals surface area (Å²) in [7, 11) is 4.30. The average molecular weight is 334 g/mol. The second kappa shape index (κ2) is 5.72. The van der Waals surface area contributed by atoms with Crippen LogP contribution in [0.2, 0.25) is 5.15 Å². The van der Waals surface area contributed by atoms with E-state index < -0.39 is 0 Å². The van der Waals surface area contributed by atoms with Crippen molar-refractivity contribution >= 4 is 33.3 Å². The molecule has 0 radical (unpaired) electrons. The molecule has 0 atom stereocenters. The van der Waals surface area contributed by atoms with Gasteiger partial charge in [-0.3, -0.25) is 0 Å². The van der Waals surface area contributed by atoms with E-state index >= 15 is 0 Å². The van der Waals surface area contributed by atoms with Crippen molar-refractivity contribution in [2.75, 3.05) is 26.0 Å². The molecular formula is C12H18BrClN4. The number of halogens is 2. The summed E-state index contributed by atoms with van der Waals surface area (Å²) >= 11 is 9.37. The summed E-state index contributed by atoms with van der Waals surface area (Å²) in [6, 6.07) is 0.